The van der Waals surface area contributed by atoms with Gasteiger partial charge in [-0.3, -0.25) is 4.79 Å². The number of hydrogen-bond donors (Lipinski definition) is 1. The molecule has 82 valence electrons. The fourth-order valence-corrected chi connectivity index (χ4v) is 1.71. The predicted octanol–water partition coefficient (Wildman–Crippen LogP) is 1.86. The molecule has 0 bridgehead atoms. The van der Waals surface area contributed by atoms with E-state index in [1.54, 1.807) is 0 Å². The fraction of sp³-hybridized carbons (Fsp3) is 0.909. The van der Waals surface area contributed by atoms with Crippen molar-refractivity contribution in [3.8, 4) is 0 Å². The Bertz CT molecular complexity index is 171. The molecule has 0 aromatic heterocycles. The summed E-state index contributed by atoms with van der Waals surface area (Å²) in [6.45, 7) is 3.84. The molecule has 0 aliphatic carbocycles. The van der Waals surface area contributed by atoms with E-state index in [1.807, 2.05) is 0 Å². The van der Waals surface area contributed by atoms with E-state index < -0.39 is 0 Å². The highest BCUT2D eigenvalue weighted by Crippen LogP contribution is 2.08. The van der Waals surface area contributed by atoms with Gasteiger partial charge >= 0.3 is 5.97 Å². The average molecular weight is 199 g/mol. The largest absolute Gasteiger partial charge is 0.466 e. The van der Waals surface area contributed by atoms with E-state index in [1.165, 1.54) is 25.7 Å². The van der Waals surface area contributed by atoms with Crippen molar-refractivity contribution in [1.82, 2.24) is 5.32 Å². The topological polar surface area (TPSA) is 38.3 Å². The van der Waals surface area contributed by atoms with Gasteiger partial charge in [0.25, 0.3) is 0 Å². The molecular formula is C11H21NO2. The van der Waals surface area contributed by atoms with Crippen LogP contribution in [0.2, 0.25) is 0 Å². The minimum Gasteiger partial charge on any atom is -0.466 e. The normalized spacial score (nSPS) is 22.1. The first-order chi connectivity index (χ1) is 6.83. The maximum Gasteiger partial charge on any atom is 0.307 e. The molecule has 1 atom stereocenters. The van der Waals surface area contributed by atoms with Gasteiger partial charge in [0.2, 0.25) is 0 Å². The van der Waals surface area contributed by atoms with Crippen molar-refractivity contribution < 1.29 is 9.53 Å². The number of nitrogens with one attached hydrogen (secondary N) is 1. The second-order valence-corrected chi connectivity index (χ2v) is 3.92. The molecule has 1 rings (SSSR count). The standard InChI is InChI=1S/C11H21NO2/c1-2-3-4-5-7-12-10-6-8-14-11(13)9-10/h10,12H,2-9H2,1H3. The van der Waals surface area contributed by atoms with Crippen LogP contribution < -0.4 is 5.32 Å². The lowest BCUT2D eigenvalue weighted by Gasteiger charge is -2.22. The molecule has 0 saturated carbocycles. The summed E-state index contributed by atoms with van der Waals surface area (Å²) in [6, 6.07) is 0.359. The molecule has 3 heteroatoms. The molecule has 1 heterocycles. The number of esters is 1. The van der Waals surface area contributed by atoms with E-state index in [2.05, 4.69) is 12.2 Å². The Hall–Kier alpha value is -0.570. The summed E-state index contributed by atoms with van der Waals surface area (Å²) < 4.78 is 4.87. The quantitative estimate of drug-likeness (QED) is 0.524. The van der Waals surface area contributed by atoms with E-state index in [0.29, 0.717) is 19.1 Å². The molecule has 1 saturated heterocycles. The molecule has 1 aliphatic rings. The molecule has 1 N–H and O–H groups in total. The van der Waals surface area contributed by atoms with Gasteiger partial charge in [-0.05, 0) is 19.4 Å². The van der Waals surface area contributed by atoms with Crippen molar-refractivity contribution in [3.05, 3.63) is 0 Å². The van der Waals surface area contributed by atoms with Crippen LogP contribution in [-0.4, -0.2) is 25.2 Å². The van der Waals surface area contributed by atoms with E-state index in [4.69, 9.17) is 4.74 Å². The molecule has 1 aliphatic heterocycles. The number of rotatable bonds is 6. The van der Waals surface area contributed by atoms with Gasteiger partial charge in [0.1, 0.15) is 0 Å². The van der Waals surface area contributed by atoms with Gasteiger partial charge in [-0.2, -0.15) is 0 Å². The van der Waals surface area contributed by atoms with Crippen LogP contribution in [0.25, 0.3) is 0 Å². The Morgan fingerprint density at radius 2 is 2.29 bits per heavy atom. The van der Waals surface area contributed by atoms with E-state index >= 15 is 0 Å². The van der Waals surface area contributed by atoms with Gasteiger partial charge in [0.15, 0.2) is 0 Å². The molecule has 0 amide bonds. The third-order valence-electron chi connectivity index (χ3n) is 2.61. The van der Waals surface area contributed by atoms with Crippen LogP contribution in [-0.2, 0) is 9.53 Å². The average Bonchev–Trinajstić information content (AvgIpc) is 2.18. The monoisotopic (exact) mass is 199 g/mol. The van der Waals surface area contributed by atoms with Crippen LogP contribution in [0.15, 0.2) is 0 Å². The van der Waals surface area contributed by atoms with Crippen molar-refractivity contribution >= 4 is 5.97 Å². The third-order valence-corrected chi connectivity index (χ3v) is 2.61. The lowest BCUT2D eigenvalue weighted by atomic mass is 10.1. The van der Waals surface area contributed by atoms with Crippen LogP contribution in [0.4, 0.5) is 0 Å². The number of carbonyl (C=O) groups excluding carboxylic acids is 1. The first kappa shape index (κ1) is 11.5. The Morgan fingerprint density at radius 3 is 3.00 bits per heavy atom. The van der Waals surface area contributed by atoms with Crippen molar-refractivity contribution in [2.45, 2.75) is 51.5 Å². The Balaban J connectivity index is 1.97. The molecule has 14 heavy (non-hydrogen) atoms. The summed E-state index contributed by atoms with van der Waals surface area (Å²) in [5.41, 5.74) is 0. The molecule has 3 nitrogen and oxygen atoms in total. The van der Waals surface area contributed by atoms with Gasteiger partial charge in [-0.15, -0.1) is 0 Å². The second-order valence-electron chi connectivity index (χ2n) is 3.92. The van der Waals surface area contributed by atoms with Crippen molar-refractivity contribution in [3.63, 3.8) is 0 Å². The van der Waals surface area contributed by atoms with Gasteiger partial charge in [0.05, 0.1) is 13.0 Å². The van der Waals surface area contributed by atoms with Crippen molar-refractivity contribution in [2.24, 2.45) is 0 Å². The van der Waals surface area contributed by atoms with E-state index in [9.17, 15) is 4.79 Å². The highest BCUT2D eigenvalue weighted by Gasteiger charge is 2.19. The molecule has 0 spiro atoms. The van der Waals surface area contributed by atoms with Gasteiger partial charge < -0.3 is 10.1 Å². The highest BCUT2D eigenvalue weighted by atomic mass is 16.5. The highest BCUT2D eigenvalue weighted by molar-refractivity contribution is 5.70. The first-order valence-corrected chi connectivity index (χ1v) is 5.72. The summed E-state index contributed by atoms with van der Waals surface area (Å²) in [7, 11) is 0. The number of carbonyl (C=O) groups is 1. The smallest absolute Gasteiger partial charge is 0.307 e. The van der Waals surface area contributed by atoms with Gasteiger partial charge in [0, 0.05) is 6.04 Å². The summed E-state index contributed by atoms with van der Waals surface area (Å²) in [6.07, 6.45) is 6.62. The van der Waals surface area contributed by atoms with Gasteiger partial charge in [-0.25, -0.2) is 0 Å². The maximum absolute atomic E-state index is 10.9. The lowest BCUT2D eigenvalue weighted by Crippen LogP contribution is -2.37. The van der Waals surface area contributed by atoms with Crippen LogP contribution in [0.5, 0.6) is 0 Å². The molecule has 0 aromatic rings. The molecule has 1 fully saturated rings. The first-order valence-electron chi connectivity index (χ1n) is 5.72. The van der Waals surface area contributed by atoms with Crippen LogP contribution in [0.1, 0.15) is 45.4 Å². The van der Waals surface area contributed by atoms with Crippen LogP contribution >= 0.6 is 0 Å². The molecular weight excluding hydrogens is 178 g/mol. The minimum atomic E-state index is -0.0534. The van der Waals surface area contributed by atoms with Crippen LogP contribution in [0.3, 0.4) is 0 Å². The second kappa shape index (κ2) is 6.82. The maximum atomic E-state index is 10.9. The SMILES string of the molecule is CCCCCCNC1CCOC(=O)C1. The molecule has 1 unspecified atom stereocenters. The third kappa shape index (κ3) is 4.61. The lowest BCUT2D eigenvalue weighted by molar-refractivity contribution is -0.147. The number of ether oxygens (including phenoxy) is 1. The zero-order chi connectivity index (χ0) is 10.2. The summed E-state index contributed by atoms with van der Waals surface area (Å²) in [4.78, 5) is 10.9. The fourth-order valence-electron chi connectivity index (χ4n) is 1.71. The summed E-state index contributed by atoms with van der Waals surface area (Å²) >= 11 is 0. The van der Waals surface area contributed by atoms with Gasteiger partial charge in [-0.1, -0.05) is 26.2 Å². The Kier molecular flexibility index (Phi) is 5.60. The van der Waals surface area contributed by atoms with Crippen LogP contribution in [0, 0.1) is 0 Å². The van der Waals surface area contributed by atoms with E-state index in [-0.39, 0.29) is 5.97 Å². The zero-order valence-electron chi connectivity index (χ0n) is 9.05. The van der Waals surface area contributed by atoms with Crippen molar-refractivity contribution in [2.75, 3.05) is 13.2 Å². The predicted molar refractivity (Wildman–Crippen MR) is 56.1 cm³/mol. The zero-order valence-corrected chi connectivity index (χ0v) is 9.05. The molecule has 0 aromatic carbocycles. The summed E-state index contributed by atoms with van der Waals surface area (Å²) in [5.74, 6) is -0.0534. The Morgan fingerprint density at radius 1 is 1.43 bits per heavy atom. The van der Waals surface area contributed by atoms with Crippen molar-refractivity contribution in [1.29, 1.82) is 0 Å². The molecule has 0 radical (unpaired) electrons. The minimum absolute atomic E-state index is 0.0534. The number of cyclic esters (lactones) is 1. The Labute approximate surface area is 86.2 Å². The number of unbranched alkanes of at least 4 members (excludes halogenated alkanes) is 3. The van der Waals surface area contributed by atoms with E-state index in [0.717, 1.165) is 13.0 Å². The summed E-state index contributed by atoms with van der Waals surface area (Å²) in [5, 5.41) is 3.41. The number of hydrogen-bond acceptors (Lipinski definition) is 3.